The lowest BCUT2D eigenvalue weighted by molar-refractivity contribution is 0.150. The van der Waals surface area contributed by atoms with Gasteiger partial charge >= 0.3 is 0 Å². The van der Waals surface area contributed by atoms with Gasteiger partial charge in [0.25, 0.3) is 6.43 Å². The molecular weight excluding hydrogens is 398 g/mol. The van der Waals surface area contributed by atoms with Crippen LogP contribution < -0.4 is 0 Å². The van der Waals surface area contributed by atoms with Gasteiger partial charge in [-0.25, -0.2) is 13.3 Å². The van der Waals surface area contributed by atoms with Crippen molar-refractivity contribution >= 4 is 40.2 Å². The molecule has 0 saturated carbocycles. The summed E-state index contributed by atoms with van der Waals surface area (Å²) < 4.78 is 27.1. The molecule has 0 aliphatic carbocycles. The third-order valence-electron chi connectivity index (χ3n) is 3.66. The number of hydrogen-bond donors (Lipinski definition) is 0. The summed E-state index contributed by atoms with van der Waals surface area (Å²) in [6.45, 7) is 0. The van der Waals surface area contributed by atoms with Crippen LogP contribution >= 0.6 is 34.7 Å². The predicted octanol–water partition coefficient (Wildman–Crippen LogP) is 5.74. The zero-order valence-electron chi connectivity index (χ0n) is 13.1. The Labute approximate surface area is 160 Å². The zero-order chi connectivity index (χ0) is 18.1. The van der Waals surface area contributed by atoms with Crippen molar-refractivity contribution in [1.82, 2.24) is 19.8 Å². The van der Waals surface area contributed by atoms with E-state index >= 15 is 0 Å². The molecule has 1 aromatic carbocycles. The lowest BCUT2D eigenvalue weighted by atomic mass is 10.2. The third-order valence-corrected chi connectivity index (χ3v) is 5.93. The van der Waals surface area contributed by atoms with Gasteiger partial charge in [0, 0.05) is 10.6 Å². The first-order valence-electron chi connectivity index (χ1n) is 7.58. The summed E-state index contributed by atoms with van der Waals surface area (Å²) >= 11 is 8.84. The zero-order valence-corrected chi connectivity index (χ0v) is 15.5. The minimum Gasteiger partial charge on any atom is -0.221 e. The highest BCUT2D eigenvalue weighted by molar-refractivity contribution is 7.98. The summed E-state index contributed by atoms with van der Waals surface area (Å²) in [4.78, 5) is 0.965. The summed E-state index contributed by atoms with van der Waals surface area (Å²) in [7, 11) is 0. The lowest BCUT2D eigenvalue weighted by Gasteiger charge is -2.05. The smallest absolute Gasteiger partial charge is 0.221 e. The van der Waals surface area contributed by atoms with E-state index in [1.165, 1.54) is 5.56 Å². The molecule has 0 unspecified atom stereocenters. The number of pyridine rings is 1. The minimum absolute atomic E-state index is 0.306. The van der Waals surface area contributed by atoms with Crippen molar-refractivity contribution in [2.24, 2.45) is 0 Å². The Morgan fingerprint density at radius 2 is 1.96 bits per heavy atom. The second-order valence-electron chi connectivity index (χ2n) is 5.39. The van der Waals surface area contributed by atoms with Crippen molar-refractivity contribution in [2.45, 2.75) is 17.1 Å². The Morgan fingerprint density at radius 3 is 2.69 bits per heavy atom. The topological polar surface area (TPSA) is 43.1 Å². The van der Waals surface area contributed by atoms with E-state index in [1.54, 1.807) is 22.5 Å². The van der Waals surface area contributed by atoms with Crippen molar-refractivity contribution < 1.29 is 8.78 Å². The van der Waals surface area contributed by atoms with Gasteiger partial charge < -0.3 is 0 Å². The first-order valence-corrected chi connectivity index (χ1v) is 9.76. The van der Waals surface area contributed by atoms with Gasteiger partial charge in [-0.15, -0.1) is 22.0 Å². The standard InChI is InChI=1S/C17H11ClF2N4S2/c18-14-7-11(25-9-10-4-2-1-3-5-10)6-13-12(8-21-24(13)14)16-22-23-17(26-16)15(19)20/h1-8,15H,9H2. The number of alkyl halides is 2. The van der Waals surface area contributed by atoms with Crippen LogP contribution in [0.4, 0.5) is 8.78 Å². The molecule has 0 fully saturated rings. The van der Waals surface area contributed by atoms with E-state index in [-0.39, 0.29) is 5.01 Å². The SMILES string of the molecule is FC(F)c1nnc(-c2cnn3c(Cl)cc(SCc4ccccc4)cc23)s1. The van der Waals surface area contributed by atoms with Crippen molar-refractivity contribution in [2.75, 3.05) is 0 Å². The molecule has 0 amide bonds. The molecule has 4 rings (SSSR count). The van der Waals surface area contributed by atoms with E-state index < -0.39 is 6.43 Å². The van der Waals surface area contributed by atoms with Crippen LogP contribution in [-0.2, 0) is 5.75 Å². The summed E-state index contributed by atoms with van der Waals surface area (Å²) in [5.41, 5.74) is 2.55. The molecule has 0 saturated heterocycles. The predicted molar refractivity (Wildman–Crippen MR) is 100 cm³/mol. The number of aromatic nitrogens is 4. The molecule has 0 bridgehead atoms. The number of thioether (sulfide) groups is 1. The number of fused-ring (bicyclic) bond motifs is 1. The molecule has 3 heterocycles. The molecule has 0 radical (unpaired) electrons. The molecule has 4 nitrogen and oxygen atoms in total. The van der Waals surface area contributed by atoms with Gasteiger partial charge in [0.15, 0.2) is 10.0 Å². The van der Waals surface area contributed by atoms with Crippen molar-refractivity contribution in [3.63, 3.8) is 0 Å². The number of nitrogens with zero attached hydrogens (tertiary/aromatic N) is 4. The lowest BCUT2D eigenvalue weighted by Crippen LogP contribution is -1.90. The largest absolute Gasteiger partial charge is 0.291 e. The van der Waals surface area contributed by atoms with E-state index in [1.807, 2.05) is 30.3 Å². The first-order chi connectivity index (χ1) is 12.6. The summed E-state index contributed by atoms with van der Waals surface area (Å²) in [5, 5.41) is 12.2. The average Bonchev–Trinajstić information content (AvgIpc) is 3.28. The number of benzene rings is 1. The highest BCUT2D eigenvalue weighted by atomic mass is 35.5. The minimum atomic E-state index is -2.64. The van der Waals surface area contributed by atoms with Gasteiger partial charge in [0.2, 0.25) is 0 Å². The van der Waals surface area contributed by atoms with Crippen LogP contribution in [-0.4, -0.2) is 19.8 Å². The number of hydrogen-bond acceptors (Lipinski definition) is 5. The number of rotatable bonds is 5. The Balaban J connectivity index is 1.68. The molecule has 3 aromatic heterocycles. The Morgan fingerprint density at radius 1 is 1.15 bits per heavy atom. The van der Waals surface area contributed by atoms with Crippen LogP contribution in [0.3, 0.4) is 0 Å². The molecule has 0 aliphatic heterocycles. The fourth-order valence-electron chi connectivity index (χ4n) is 2.44. The Hall–Kier alpha value is -2.03. The van der Waals surface area contributed by atoms with E-state index in [9.17, 15) is 8.78 Å². The Bertz CT molecular complexity index is 1050. The molecule has 0 N–H and O–H groups in total. The number of halogens is 3. The monoisotopic (exact) mass is 408 g/mol. The first kappa shape index (κ1) is 17.4. The normalized spacial score (nSPS) is 11.5. The maximum atomic E-state index is 12.8. The van der Waals surface area contributed by atoms with Gasteiger partial charge in [-0.1, -0.05) is 53.3 Å². The average molecular weight is 409 g/mol. The fraction of sp³-hybridized carbons (Fsp3) is 0.118. The second-order valence-corrected chi connectivity index (χ2v) is 7.83. The van der Waals surface area contributed by atoms with E-state index in [4.69, 9.17) is 11.6 Å². The van der Waals surface area contributed by atoms with Crippen LogP contribution in [0.15, 0.2) is 53.6 Å². The molecule has 9 heteroatoms. The molecule has 0 spiro atoms. The van der Waals surface area contributed by atoms with Gasteiger partial charge in [-0.3, -0.25) is 0 Å². The van der Waals surface area contributed by atoms with Gasteiger partial charge in [-0.2, -0.15) is 5.10 Å². The van der Waals surface area contributed by atoms with Crippen molar-refractivity contribution in [3.8, 4) is 10.6 Å². The van der Waals surface area contributed by atoms with Gasteiger partial charge in [0.05, 0.1) is 17.3 Å². The summed E-state index contributed by atoms with van der Waals surface area (Å²) in [6, 6.07) is 13.9. The molecule has 0 aliphatic rings. The molecule has 132 valence electrons. The van der Waals surface area contributed by atoms with Gasteiger partial charge in [-0.05, 0) is 17.7 Å². The molecule has 4 aromatic rings. The molecule has 26 heavy (non-hydrogen) atoms. The molecule has 0 atom stereocenters. The highest BCUT2D eigenvalue weighted by Gasteiger charge is 2.18. The fourth-order valence-corrected chi connectivity index (χ4v) is 4.39. The molecular formula is C17H11ClF2N4S2. The van der Waals surface area contributed by atoms with Crippen LogP contribution in [0.5, 0.6) is 0 Å². The van der Waals surface area contributed by atoms with E-state index in [0.29, 0.717) is 21.2 Å². The quantitative estimate of drug-likeness (QED) is 0.312. The maximum absolute atomic E-state index is 12.8. The van der Waals surface area contributed by atoms with Crippen molar-refractivity contribution in [3.05, 3.63) is 64.4 Å². The summed E-state index contributed by atoms with van der Waals surface area (Å²) in [6.07, 6.45) is -1.06. The van der Waals surface area contributed by atoms with Crippen LogP contribution in [0.1, 0.15) is 17.0 Å². The maximum Gasteiger partial charge on any atom is 0.291 e. The van der Waals surface area contributed by atoms with Crippen LogP contribution in [0.25, 0.3) is 16.1 Å². The van der Waals surface area contributed by atoms with E-state index in [2.05, 4.69) is 27.4 Å². The highest BCUT2D eigenvalue weighted by Crippen LogP contribution is 2.35. The van der Waals surface area contributed by atoms with Crippen LogP contribution in [0.2, 0.25) is 5.15 Å². The third kappa shape index (κ3) is 3.44. The van der Waals surface area contributed by atoms with Gasteiger partial charge in [0.1, 0.15) is 5.15 Å². The summed E-state index contributed by atoms with van der Waals surface area (Å²) in [5.74, 6) is 0.797. The Kier molecular flexibility index (Phi) is 4.88. The van der Waals surface area contributed by atoms with Crippen LogP contribution in [0, 0.1) is 0 Å². The van der Waals surface area contributed by atoms with Crippen molar-refractivity contribution in [1.29, 1.82) is 0 Å². The second kappa shape index (κ2) is 7.30. The van der Waals surface area contributed by atoms with E-state index in [0.717, 1.165) is 22.0 Å².